The molecule has 1 aliphatic carbocycles. The smallest absolute Gasteiger partial charge is 0.311 e. The molecule has 0 atom stereocenters. The number of aliphatic carboxylic acids is 1. The first-order valence-electron chi connectivity index (χ1n) is 6.12. The van der Waals surface area contributed by atoms with E-state index >= 15 is 0 Å². The summed E-state index contributed by atoms with van der Waals surface area (Å²) in [5, 5.41) is 12.3. The highest BCUT2D eigenvalue weighted by Gasteiger charge is 2.44. The normalized spacial score (nSPS) is 16.7. The zero-order chi connectivity index (χ0) is 13.2. The highest BCUT2D eigenvalue weighted by atomic mass is 16.4. The van der Waals surface area contributed by atoms with Gasteiger partial charge in [0, 0.05) is 17.8 Å². The Bertz CT molecular complexity index is 460. The van der Waals surface area contributed by atoms with Crippen LogP contribution in [0.2, 0.25) is 0 Å². The number of carbonyl (C=O) groups is 2. The van der Waals surface area contributed by atoms with Crippen molar-refractivity contribution in [3.05, 3.63) is 29.8 Å². The number of Topliss-reactive ketones (excluding diaryl/α,β-unsaturated/α-hetero) is 1. The summed E-state index contributed by atoms with van der Waals surface area (Å²) in [6, 6.07) is 7.12. The fraction of sp³-hybridized carbons (Fsp3) is 0.429. The van der Waals surface area contributed by atoms with E-state index in [1.807, 2.05) is 12.1 Å². The van der Waals surface area contributed by atoms with E-state index in [9.17, 15) is 14.7 Å². The Morgan fingerprint density at radius 1 is 1.28 bits per heavy atom. The van der Waals surface area contributed by atoms with E-state index in [1.54, 1.807) is 12.1 Å². The molecule has 4 nitrogen and oxygen atoms in total. The maximum atomic E-state index is 11.2. The summed E-state index contributed by atoms with van der Waals surface area (Å²) in [6.07, 6.45) is 2.46. The van der Waals surface area contributed by atoms with Crippen molar-refractivity contribution < 1.29 is 14.7 Å². The topological polar surface area (TPSA) is 66.4 Å². The van der Waals surface area contributed by atoms with Crippen molar-refractivity contribution in [3.63, 3.8) is 0 Å². The molecular formula is C14H17NO3. The van der Waals surface area contributed by atoms with Crippen molar-refractivity contribution in [1.29, 1.82) is 0 Å². The van der Waals surface area contributed by atoms with Crippen LogP contribution in [-0.2, 0) is 4.79 Å². The number of carbonyl (C=O) groups excluding carboxylic acids is 1. The van der Waals surface area contributed by atoms with Gasteiger partial charge >= 0.3 is 5.97 Å². The molecule has 1 fully saturated rings. The van der Waals surface area contributed by atoms with Crippen LogP contribution in [0.15, 0.2) is 24.3 Å². The van der Waals surface area contributed by atoms with Gasteiger partial charge in [0.2, 0.25) is 0 Å². The first-order valence-corrected chi connectivity index (χ1v) is 6.12. The molecular weight excluding hydrogens is 230 g/mol. The molecule has 0 saturated heterocycles. The summed E-state index contributed by atoms with van der Waals surface area (Å²) in [6.45, 7) is 1.97. The second kappa shape index (κ2) is 4.80. The van der Waals surface area contributed by atoms with Gasteiger partial charge in [0.25, 0.3) is 0 Å². The second-order valence-electron chi connectivity index (χ2n) is 4.93. The van der Waals surface area contributed by atoms with Crippen LogP contribution >= 0.6 is 0 Å². The van der Waals surface area contributed by atoms with Crippen LogP contribution in [0.25, 0.3) is 0 Å². The van der Waals surface area contributed by atoms with E-state index in [4.69, 9.17) is 0 Å². The Kier molecular flexibility index (Phi) is 3.36. The zero-order valence-electron chi connectivity index (χ0n) is 10.4. The maximum Gasteiger partial charge on any atom is 0.311 e. The number of nitrogens with one attached hydrogen (secondary N) is 1. The third-order valence-electron chi connectivity index (χ3n) is 3.69. The van der Waals surface area contributed by atoms with E-state index in [0.717, 1.165) is 24.9 Å². The molecule has 2 N–H and O–H groups in total. The minimum atomic E-state index is -0.721. The highest BCUT2D eigenvalue weighted by molar-refractivity contribution is 5.94. The largest absolute Gasteiger partial charge is 0.481 e. The third-order valence-corrected chi connectivity index (χ3v) is 3.69. The second-order valence-corrected chi connectivity index (χ2v) is 4.93. The molecule has 0 unspecified atom stereocenters. The number of carboxylic acid groups (broad SMARTS) is 1. The molecule has 0 amide bonds. The Hall–Kier alpha value is -1.84. The summed E-state index contributed by atoms with van der Waals surface area (Å²) in [4.78, 5) is 22.3. The van der Waals surface area contributed by atoms with Crippen LogP contribution in [0.1, 0.15) is 36.5 Å². The summed E-state index contributed by atoms with van der Waals surface area (Å²) >= 11 is 0. The summed E-state index contributed by atoms with van der Waals surface area (Å²) in [5.41, 5.74) is 0.920. The monoisotopic (exact) mass is 247 g/mol. The standard InChI is InChI=1S/C14H17NO3/c1-10(16)11-3-5-12(6-4-11)15-9-14(13(17)18)7-2-8-14/h3-6,15H,2,7-9H2,1H3,(H,17,18). The van der Waals surface area contributed by atoms with E-state index in [-0.39, 0.29) is 5.78 Å². The molecule has 0 heterocycles. The molecule has 4 heteroatoms. The minimum absolute atomic E-state index is 0.0301. The summed E-state index contributed by atoms with van der Waals surface area (Å²) < 4.78 is 0. The Labute approximate surface area is 106 Å². The van der Waals surface area contributed by atoms with Crippen molar-refractivity contribution >= 4 is 17.4 Å². The summed E-state index contributed by atoms with van der Waals surface area (Å²) in [5.74, 6) is -0.691. The molecule has 18 heavy (non-hydrogen) atoms. The first-order chi connectivity index (χ1) is 8.53. The number of ketones is 1. The zero-order valence-corrected chi connectivity index (χ0v) is 10.4. The molecule has 0 aliphatic heterocycles. The SMILES string of the molecule is CC(=O)c1ccc(NCC2(C(=O)O)CCC2)cc1. The lowest BCUT2D eigenvalue weighted by atomic mass is 9.69. The number of hydrogen-bond acceptors (Lipinski definition) is 3. The minimum Gasteiger partial charge on any atom is -0.481 e. The van der Waals surface area contributed by atoms with E-state index in [1.165, 1.54) is 6.92 Å². The van der Waals surface area contributed by atoms with Gasteiger partial charge in [0.15, 0.2) is 5.78 Å². The van der Waals surface area contributed by atoms with Crippen molar-refractivity contribution in [2.75, 3.05) is 11.9 Å². The molecule has 0 radical (unpaired) electrons. The van der Waals surface area contributed by atoms with E-state index < -0.39 is 11.4 Å². The molecule has 1 aliphatic rings. The molecule has 0 aromatic heterocycles. The van der Waals surface area contributed by atoms with Crippen LogP contribution in [0.4, 0.5) is 5.69 Å². The average molecular weight is 247 g/mol. The van der Waals surface area contributed by atoms with Crippen LogP contribution in [-0.4, -0.2) is 23.4 Å². The van der Waals surface area contributed by atoms with Crippen LogP contribution in [0, 0.1) is 5.41 Å². The van der Waals surface area contributed by atoms with Gasteiger partial charge in [-0.25, -0.2) is 0 Å². The number of rotatable bonds is 5. The van der Waals surface area contributed by atoms with Gasteiger partial charge in [-0.2, -0.15) is 0 Å². The van der Waals surface area contributed by atoms with Crippen molar-refractivity contribution in [2.45, 2.75) is 26.2 Å². The number of benzene rings is 1. The van der Waals surface area contributed by atoms with Gasteiger partial charge in [-0.05, 0) is 44.0 Å². The van der Waals surface area contributed by atoms with E-state index in [0.29, 0.717) is 12.1 Å². The van der Waals surface area contributed by atoms with Crippen molar-refractivity contribution in [3.8, 4) is 0 Å². The van der Waals surface area contributed by atoms with Gasteiger partial charge in [0.05, 0.1) is 5.41 Å². The molecule has 96 valence electrons. The van der Waals surface area contributed by atoms with Crippen LogP contribution in [0.5, 0.6) is 0 Å². The predicted octanol–water partition coefficient (Wildman–Crippen LogP) is 2.56. The number of anilines is 1. The maximum absolute atomic E-state index is 11.2. The molecule has 1 aromatic rings. The average Bonchev–Trinajstić information content (AvgIpc) is 2.27. The molecule has 0 bridgehead atoms. The Morgan fingerprint density at radius 3 is 2.28 bits per heavy atom. The van der Waals surface area contributed by atoms with Gasteiger partial charge in [-0.15, -0.1) is 0 Å². The Balaban J connectivity index is 1.98. The lowest BCUT2D eigenvalue weighted by molar-refractivity contribution is -0.153. The molecule has 1 aromatic carbocycles. The van der Waals surface area contributed by atoms with Crippen LogP contribution in [0.3, 0.4) is 0 Å². The Morgan fingerprint density at radius 2 is 1.89 bits per heavy atom. The fourth-order valence-corrected chi connectivity index (χ4v) is 2.16. The predicted molar refractivity (Wildman–Crippen MR) is 68.9 cm³/mol. The molecule has 0 spiro atoms. The van der Waals surface area contributed by atoms with E-state index in [2.05, 4.69) is 5.32 Å². The molecule has 1 saturated carbocycles. The number of carboxylic acids is 1. The van der Waals surface area contributed by atoms with Crippen LogP contribution < -0.4 is 5.32 Å². The lowest BCUT2D eigenvalue weighted by Gasteiger charge is -2.37. The lowest BCUT2D eigenvalue weighted by Crippen LogP contribution is -2.43. The highest BCUT2D eigenvalue weighted by Crippen LogP contribution is 2.41. The fourth-order valence-electron chi connectivity index (χ4n) is 2.16. The van der Waals surface area contributed by atoms with Crippen molar-refractivity contribution in [1.82, 2.24) is 0 Å². The van der Waals surface area contributed by atoms with Crippen molar-refractivity contribution in [2.24, 2.45) is 5.41 Å². The molecule has 2 rings (SSSR count). The quantitative estimate of drug-likeness (QED) is 0.785. The number of hydrogen-bond donors (Lipinski definition) is 2. The first kappa shape index (κ1) is 12.6. The van der Waals surface area contributed by atoms with Gasteiger partial charge in [-0.3, -0.25) is 9.59 Å². The van der Waals surface area contributed by atoms with Gasteiger partial charge in [0.1, 0.15) is 0 Å². The van der Waals surface area contributed by atoms with Gasteiger partial charge in [-0.1, -0.05) is 6.42 Å². The summed E-state index contributed by atoms with van der Waals surface area (Å²) in [7, 11) is 0. The third kappa shape index (κ3) is 2.37. The van der Waals surface area contributed by atoms with Gasteiger partial charge < -0.3 is 10.4 Å².